The van der Waals surface area contributed by atoms with Crippen molar-refractivity contribution >= 4 is 0 Å². The van der Waals surface area contributed by atoms with Crippen LogP contribution in [0.4, 0.5) is 13.2 Å². The standard InChI is InChI=1S/C24H30F3N3O/c1-17-11-14-30(15-12-17)13-4-16-31-23-20-5-2-3-6-21(20)28-22(29-23)18-7-9-19(10-8-18)24(25,26)27/h7-10,17H,2-6,11-16H2,1H3. The minimum atomic E-state index is -4.35. The molecule has 1 aliphatic heterocycles. The lowest BCUT2D eigenvalue weighted by atomic mass is 9.96. The molecule has 0 amide bonds. The first-order valence-corrected chi connectivity index (χ1v) is 11.3. The van der Waals surface area contributed by atoms with E-state index in [1.54, 1.807) is 0 Å². The Hall–Kier alpha value is -2.15. The van der Waals surface area contributed by atoms with Gasteiger partial charge in [0, 0.05) is 17.7 Å². The maximum Gasteiger partial charge on any atom is 0.416 e. The summed E-state index contributed by atoms with van der Waals surface area (Å²) in [5.74, 6) is 1.87. The van der Waals surface area contributed by atoms with Crippen LogP contribution in [-0.4, -0.2) is 41.1 Å². The van der Waals surface area contributed by atoms with Crippen molar-refractivity contribution in [1.29, 1.82) is 0 Å². The molecule has 168 valence electrons. The van der Waals surface area contributed by atoms with Crippen molar-refractivity contribution in [3.63, 3.8) is 0 Å². The molecule has 1 aromatic carbocycles. The van der Waals surface area contributed by atoms with Gasteiger partial charge in [-0.2, -0.15) is 18.2 Å². The predicted molar refractivity (Wildman–Crippen MR) is 114 cm³/mol. The molecule has 1 saturated heterocycles. The number of halogens is 3. The van der Waals surface area contributed by atoms with E-state index in [-0.39, 0.29) is 0 Å². The molecule has 0 unspecified atom stereocenters. The molecule has 2 aromatic rings. The van der Waals surface area contributed by atoms with E-state index in [1.165, 1.54) is 25.0 Å². The highest BCUT2D eigenvalue weighted by Crippen LogP contribution is 2.33. The molecule has 4 rings (SSSR count). The predicted octanol–water partition coefficient (Wildman–Crippen LogP) is 5.54. The van der Waals surface area contributed by atoms with E-state index < -0.39 is 11.7 Å². The second kappa shape index (κ2) is 9.55. The van der Waals surface area contributed by atoms with Crippen LogP contribution in [0.15, 0.2) is 24.3 Å². The number of fused-ring (bicyclic) bond motifs is 1. The Morgan fingerprint density at radius 3 is 2.45 bits per heavy atom. The van der Waals surface area contributed by atoms with Gasteiger partial charge in [-0.05, 0) is 76.1 Å². The highest BCUT2D eigenvalue weighted by molar-refractivity contribution is 5.57. The summed E-state index contributed by atoms with van der Waals surface area (Å²) >= 11 is 0. The number of likely N-dealkylation sites (tertiary alicyclic amines) is 1. The number of aromatic nitrogens is 2. The van der Waals surface area contributed by atoms with E-state index in [0.717, 1.165) is 81.0 Å². The SMILES string of the molecule is CC1CCN(CCCOc2nc(-c3ccc(C(F)(F)F)cc3)nc3c2CCCC3)CC1. The first kappa shape index (κ1) is 22.1. The molecule has 1 aromatic heterocycles. The number of hydrogen-bond donors (Lipinski definition) is 0. The van der Waals surface area contributed by atoms with Crippen LogP contribution in [-0.2, 0) is 19.0 Å². The minimum absolute atomic E-state index is 0.439. The summed E-state index contributed by atoms with van der Waals surface area (Å²) < 4.78 is 44.7. The van der Waals surface area contributed by atoms with Crippen LogP contribution in [0.25, 0.3) is 11.4 Å². The molecular weight excluding hydrogens is 403 g/mol. The van der Waals surface area contributed by atoms with Crippen molar-refractivity contribution in [2.24, 2.45) is 5.92 Å². The molecule has 0 N–H and O–H groups in total. The second-order valence-electron chi connectivity index (χ2n) is 8.79. The second-order valence-corrected chi connectivity index (χ2v) is 8.79. The molecule has 0 spiro atoms. The maximum atomic E-state index is 12.9. The van der Waals surface area contributed by atoms with Gasteiger partial charge in [-0.1, -0.05) is 19.1 Å². The molecule has 0 bridgehead atoms. The quantitative estimate of drug-likeness (QED) is 0.561. The van der Waals surface area contributed by atoms with Crippen LogP contribution < -0.4 is 4.74 Å². The number of alkyl halides is 3. The largest absolute Gasteiger partial charge is 0.477 e. The zero-order valence-corrected chi connectivity index (χ0v) is 18.0. The summed E-state index contributed by atoms with van der Waals surface area (Å²) in [6.07, 6.45) is 2.99. The fraction of sp³-hybridized carbons (Fsp3) is 0.583. The first-order valence-electron chi connectivity index (χ1n) is 11.3. The van der Waals surface area contributed by atoms with E-state index in [9.17, 15) is 13.2 Å². The van der Waals surface area contributed by atoms with Gasteiger partial charge in [-0.25, -0.2) is 4.98 Å². The summed E-state index contributed by atoms with van der Waals surface area (Å²) in [4.78, 5) is 11.8. The van der Waals surface area contributed by atoms with E-state index in [1.807, 2.05) is 0 Å². The Bertz CT molecular complexity index is 875. The number of piperidine rings is 1. The van der Waals surface area contributed by atoms with Crippen LogP contribution in [0.5, 0.6) is 5.88 Å². The molecule has 4 nitrogen and oxygen atoms in total. The van der Waals surface area contributed by atoms with Gasteiger partial charge in [0.2, 0.25) is 5.88 Å². The van der Waals surface area contributed by atoms with Crippen molar-refractivity contribution in [2.45, 2.75) is 58.0 Å². The Balaban J connectivity index is 1.45. The zero-order valence-electron chi connectivity index (χ0n) is 18.0. The van der Waals surface area contributed by atoms with Gasteiger partial charge in [0.1, 0.15) is 0 Å². The van der Waals surface area contributed by atoms with Gasteiger partial charge in [-0.15, -0.1) is 0 Å². The lowest BCUT2D eigenvalue weighted by Gasteiger charge is -2.30. The monoisotopic (exact) mass is 433 g/mol. The van der Waals surface area contributed by atoms with Gasteiger partial charge in [0.05, 0.1) is 17.9 Å². The highest BCUT2D eigenvalue weighted by Gasteiger charge is 2.30. The fourth-order valence-corrected chi connectivity index (χ4v) is 4.36. The van der Waals surface area contributed by atoms with E-state index in [4.69, 9.17) is 4.74 Å². The van der Waals surface area contributed by atoms with E-state index >= 15 is 0 Å². The van der Waals surface area contributed by atoms with Crippen molar-refractivity contribution < 1.29 is 17.9 Å². The van der Waals surface area contributed by atoms with E-state index in [2.05, 4.69) is 21.8 Å². The van der Waals surface area contributed by atoms with Crippen molar-refractivity contribution in [2.75, 3.05) is 26.2 Å². The topological polar surface area (TPSA) is 38.2 Å². The average Bonchev–Trinajstić information content (AvgIpc) is 2.77. The molecule has 7 heteroatoms. The summed E-state index contributed by atoms with van der Waals surface area (Å²) in [7, 11) is 0. The Morgan fingerprint density at radius 2 is 1.74 bits per heavy atom. The molecule has 0 radical (unpaired) electrons. The smallest absolute Gasteiger partial charge is 0.416 e. The number of rotatable bonds is 6. The third-order valence-electron chi connectivity index (χ3n) is 6.35. The fourth-order valence-electron chi connectivity index (χ4n) is 4.36. The Morgan fingerprint density at radius 1 is 1.03 bits per heavy atom. The van der Waals surface area contributed by atoms with Gasteiger partial charge in [0.25, 0.3) is 0 Å². The summed E-state index contributed by atoms with van der Waals surface area (Å²) in [6, 6.07) is 5.04. The molecule has 2 aliphatic rings. The van der Waals surface area contributed by atoms with Crippen LogP contribution in [0.3, 0.4) is 0 Å². The number of nitrogens with zero attached hydrogens (tertiary/aromatic N) is 3. The number of ether oxygens (including phenoxy) is 1. The molecular formula is C24H30F3N3O. The summed E-state index contributed by atoms with van der Waals surface area (Å²) in [5.41, 5.74) is 1.94. The maximum absolute atomic E-state index is 12.9. The minimum Gasteiger partial charge on any atom is -0.477 e. The van der Waals surface area contributed by atoms with Gasteiger partial charge in [-0.3, -0.25) is 0 Å². The molecule has 2 heterocycles. The average molecular weight is 434 g/mol. The number of hydrogen-bond acceptors (Lipinski definition) is 4. The molecule has 1 fully saturated rings. The molecule has 0 atom stereocenters. The third-order valence-corrected chi connectivity index (χ3v) is 6.35. The normalized spacial score (nSPS) is 18.1. The van der Waals surface area contributed by atoms with Crippen molar-refractivity contribution in [1.82, 2.24) is 14.9 Å². The third kappa shape index (κ3) is 5.56. The van der Waals surface area contributed by atoms with Crippen molar-refractivity contribution in [3.8, 4) is 17.3 Å². The zero-order chi connectivity index (χ0) is 21.8. The number of aryl methyl sites for hydroxylation is 1. The summed E-state index contributed by atoms with van der Waals surface area (Å²) in [6.45, 7) is 6.23. The Kier molecular flexibility index (Phi) is 6.80. The van der Waals surface area contributed by atoms with Crippen LogP contribution in [0, 0.1) is 5.92 Å². The summed E-state index contributed by atoms with van der Waals surface area (Å²) in [5, 5.41) is 0. The van der Waals surface area contributed by atoms with Crippen molar-refractivity contribution in [3.05, 3.63) is 41.1 Å². The molecule has 31 heavy (non-hydrogen) atoms. The first-order chi connectivity index (χ1) is 14.9. The van der Waals surface area contributed by atoms with Gasteiger partial charge >= 0.3 is 6.18 Å². The lowest BCUT2D eigenvalue weighted by molar-refractivity contribution is -0.137. The van der Waals surface area contributed by atoms with E-state index in [0.29, 0.717) is 23.9 Å². The van der Waals surface area contributed by atoms with Gasteiger partial charge in [0.15, 0.2) is 5.82 Å². The number of benzene rings is 1. The highest BCUT2D eigenvalue weighted by atomic mass is 19.4. The molecule has 1 aliphatic carbocycles. The van der Waals surface area contributed by atoms with Crippen LogP contribution in [0.2, 0.25) is 0 Å². The lowest BCUT2D eigenvalue weighted by Crippen LogP contribution is -2.34. The van der Waals surface area contributed by atoms with Gasteiger partial charge < -0.3 is 9.64 Å². The molecule has 0 saturated carbocycles. The van der Waals surface area contributed by atoms with Crippen LogP contribution in [0.1, 0.15) is 55.8 Å². The Labute approximate surface area is 181 Å². The van der Waals surface area contributed by atoms with Crippen LogP contribution >= 0.6 is 0 Å².